The van der Waals surface area contributed by atoms with E-state index in [0.717, 1.165) is 18.5 Å². The molecule has 1 heterocycles. The molecule has 1 amide bonds. The predicted octanol–water partition coefficient (Wildman–Crippen LogP) is 2.92. The van der Waals surface area contributed by atoms with Gasteiger partial charge in [-0.05, 0) is 44.9 Å². The zero-order valence-corrected chi connectivity index (χ0v) is 13.3. The molecule has 5 nitrogen and oxygen atoms in total. The van der Waals surface area contributed by atoms with Gasteiger partial charge in [-0.3, -0.25) is 0 Å². The molecule has 2 unspecified atom stereocenters. The molecule has 0 saturated heterocycles. The summed E-state index contributed by atoms with van der Waals surface area (Å²) < 4.78 is 5.26. The van der Waals surface area contributed by atoms with Crippen molar-refractivity contribution in [3.8, 4) is 0 Å². The number of fused-ring (bicyclic) bond motifs is 1. The first-order valence-electron chi connectivity index (χ1n) is 7.70. The van der Waals surface area contributed by atoms with Crippen molar-refractivity contribution in [3.63, 3.8) is 0 Å². The van der Waals surface area contributed by atoms with Gasteiger partial charge in [0.15, 0.2) is 0 Å². The van der Waals surface area contributed by atoms with Gasteiger partial charge in [0.1, 0.15) is 5.60 Å². The van der Waals surface area contributed by atoms with Crippen LogP contribution in [-0.2, 0) is 11.3 Å². The van der Waals surface area contributed by atoms with Crippen LogP contribution in [0.25, 0.3) is 10.9 Å². The van der Waals surface area contributed by atoms with Gasteiger partial charge in [0, 0.05) is 35.7 Å². The van der Waals surface area contributed by atoms with Crippen molar-refractivity contribution in [2.75, 3.05) is 0 Å². The van der Waals surface area contributed by atoms with Crippen LogP contribution in [0.1, 0.15) is 32.8 Å². The Bertz CT molecular complexity index is 672. The van der Waals surface area contributed by atoms with Crippen molar-refractivity contribution < 1.29 is 9.53 Å². The molecule has 0 aliphatic heterocycles. The summed E-state index contributed by atoms with van der Waals surface area (Å²) in [6.45, 7) is 6.40. The number of hydrogen-bond donors (Lipinski definition) is 3. The van der Waals surface area contributed by atoms with Gasteiger partial charge >= 0.3 is 6.09 Å². The number of ether oxygens (including phenoxy) is 1. The van der Waals surface area contributed by atoms with Gasteiger partial charge in [-0.1, -0.05) is 12.1 Å². The Balaban J connectivity index is 1.48. The summed E-state index contributed by atoms with van der Waals surface area (Å²) in [5.74, 6) is 0. The Hall–Kier alpha value is -2.01. The first-order chi connectivity index (χ1) is 10.4. The van der Waals surface area contributed by atoms with Crippen molar-refractivity contribution in [2.24, 2.45) is 0 Å². The molecule has 3 rings (SSSR count). The fraction of sp³-hybridized carbons (Fsp3) is 0.471. The van der Waals surface area contributed by atoms with E-state index in [2.05, 4.69) is 39.9 Å². The van der Waals surface area contributed by atoms with E-state index in [0.29, 0.717) is 6.04 Å². The van der Waals surface area contributed by atoms with Gasteiger partial charge in [0.2, 0.25) is 0 Å². The second-order valence-electron chi connectivity index (χ2n) is 6.83. The van der Waals surface area contributed by atoms with Gasteiger partial charge in [-0.15, -0.1) is 0 Å². The minimum atomic E-state index is -0.453. The van der Waals surface area contributed by atoms with Gasteiger partial charge in [-0.25, -0.2) is 4.79 Å². The van der Waals surface area contributed by atoms with Crippen molar-refractivity contribution >= 4 is 17.0 Å². The smallest absolute Gasteiger partial charge is 0.407 e. The van der Waals surface area contributed by atoms with Crippen LogP contribution in [0.15, 0.2) is 30.5 Å². The molecule has 118 valence electrons. The quantitative estimate of drug-likeness (QED) is 0.813. The maximum absolute atomic E-state index is 11.7. The van der Waals surface area contributed by atoms with E-state index in [9.17, 15) is 4.79 Å². The molecular formula is C17H23N3O2. The Labute approximate surface area is 130 Å². The minimum absolute atomic E-state index is 0.167. The average Bonchev–Trinajstić information content (AvgIpc) is 2.96. The van der Waals surface area contributed by atoms with E-state index >= 15 is 0 Å². The number of nitrogens with one attached hydrogen (secondary N) is 3. The number of benzene rings is 1. The topological polar surface area (TPSA) is 66.2 Å². The van der Waals surface area contributed by atoms with Crippen LogP contribution in [0.2, 0.25) is 0 Å². The summed E-state index contributed by atoms with van der Waals surface area (Å²) in [5.41, 5.74) is 1.96. The first kappa shape index (κ1) is 14.9. The molecule has 0 spiro atoms. The number of aromatic nitrogens is 1. The molecule has 3 N–H and O–H groups in total. The van der Waals surface area contributed by atoms with E-state index < -0.39 is 5.60 Å². The summed E-state index contributed by atoms with van der Waals surface area (Å²) in [4.78, 5) is 14.9. The second-order valence-corrected chi connectivity index (χ2v) is 6.83. The molecule has 2 aromatic rings. The van der Waals surface area contributed by atoms with E-state index in [-0.39, 0.29) is 12.1 Å². The number of rotatable bonds is 4. The molecule has 1 aromatic heterocycles. The average molecular weight is 301 g/mol. The molecular weight excluding hydrogens is 278 g/mol. The highest BCUT2D eigenvalue weighted by Gasteiger charge is 2.38. The Morgan fingerprint density at radius 2 is 2.14 bits per heavy atom. The van der Waals surface area contributed by atoms with Crippen LogP contribution in [-0.4, -0.2) is 28.8 Å². The lowest BCUT2D eigenvalue weighted by Gasteiger charge is -2.19. The van der Waals surface area contributed by atoms with E-state index in [1.165, 1.54) is 10.9 Å². The van der Waals surface area contributed by atoms with Crippen molar-refractivity contribution in [1.29, 1.82) is 0 Å². The maximum Gasteiger partial charge on any atom is 0.407 e. The van der Waals surface area contributed by atoms with Crippen LogP contribution in [0.4, 0.5) is 4.79 Å². The standard InChI is InChI=1S/C17H23N3O2/c1-17(2,3)22-16(21)20-15-9-14(15)19-10-11-5-4-6-13-12(11)7-8-18-13/h4-8,14-15,18-19H,9-10H2,1-3H3,(H,20,21). The van der Waals surface area contributed by atoms with Gasteiger partial charge in [-0.2, -0.15) is 0 Å². The summed E-state index contributed by atoms with van der Waals surface area (Å²) >= 11 is 0. The van der Waals surface area contributed by atoms with E-state index in [1.807, 2.05) is 27.0 Å². The third-order valence-corrected chi connectivity index (χ3v) is 3.73. The van der Waals surface area contributed by atoms with Crippen molar-refractivity contribution in [1.82, 2.24) is 15.6 Å². The molecule has 5 heteroatoms. The van der Waals surface area contributed by atoms with Gasteiger partial charge < -0.3 is 20.4 Å². The molecule has 1 aliphatic carbocycles. The maximum atomic E-state index is 11.7. The van der Waals surface area contributed by atoms with Crippen LogP contribution in [0.5, 0.6) is 0 Å². The largest absolute Gasteiger partial charge is 0.444 e. The molecule has 1 fully saturated rings. The lowest BCUT2D eigenvalue weighted by Crippen LogP contribution is -2.36. The van der Waals surface area contributed by atoms with Crippen molar-refractivity contribution in [2.45, 2.75) is 51.4 Å². The number of hydrogen-bond acceptors (Lipinski definition) is 3. The first-order valence-corrected chi connectivity index (χ1v) is 7.70. The summed E-state index contributed by atoms with van der Waals surface area (Å²) in [6.07, 6.45) is 2.56. The fourth-order valence-electron chi connectivity index (χ4n) is 2.58. The third kappa shape index (κ3) is 3.60. The molecule has 22 heavy (non-hydrogen) atoms. The highest BCUT2D eigenvalue weighted by atomic mass is 16.6. The SMILES string of the molecule is CC(C)(C)OC(=O)NC1CC1NCc1cccc2[nH]ccc12. The summed E-state index contributed by atoms with van der Waals surface area (Å²) in [7, 11) is 0. The summed E-state index contributed by atoms with van der Waals surface area (Å²) in [6, 6.07) is 8.83. The fourth-order valence-corrected chi connectivity index (χ4v) is 2.58. The minimum Gasteiger partial charge on any atom is -0.444 e. The number of amides is 1. The zero-order chi connectivity index (χ0) is 15.7. The van der Waals surface area contributed by atoms with Gasteiger partial charge in [0.25, 0.3) is 0 Å². The van der Waals surface area contributed by atoms with E-state index in [1.54, 1.807) is 0 Å². The highest BCUT2D eigenvalue weighted by molar-refractivity contribution is 5.82. The predicted molar refractivity (Wildman–Crippen MR) is 86.7 cm³/mol. The van der Waals surface area contributed by atoms with Crippen LogP contribution in [0.3, 0.4) is 0 Å². The highest BCUT2D eigenvalue weighted by Crippen LogP contribution is 2.24. The molecule has 0 bridgehead atoms. The number of alkyl carbamates (subject to hydrolysis) is 1. The normalized spacial score (nSPS) is 20.9. The van der Waals surface area contributed by atoms with Crippen LogP contribution >= 0.6 is 0 Å². The van der Waals surface area contributed by atoms with Crippen LogP contribution < -0.4 is 10.6 Å². The van der Waals surface area contributed by atoms with Gasteiger partial charge in [0.05, 0.1) is 0 Å². The molecule has 1 aliphatic rings. The monoisotopic (exact) mass is 301 g/mol. The van der Waals surface area contributed by atoms with Crippen molar-refractivity contribution in [3.05, 3.63) is 36.0 Å². The Kier molecular flexibility index (Phi) is 3.83. The molecule has 2 atom stereocenters. The molecule has 1 aromatic carbocycles. The van der Waals surface area contributed by atoms with E-state index in [4.69, 9.17) is 4.74 Å². The Morgan fingerprint density at radius 1 is 1.32 bits per heavy atom. The Morgan fingerprint density at radius 3 is 2.91 bits per heavy atom. The zero-order valence-electron chi connectivity index (χ0n) is 13.3. The second kappa shape index (κ2) is 5.65. The number of carbonyl (C=O) groups is 1. The number of aromatic amines is 1. The lowest BCUT2D eigenvalue weighted by atomic mass is 10.1. The number of carbonyl (C=O) groups excluding carboxylic acids is 1. The third-order valence-electron chi connectivity index (χ3n) is 3.73. The number of H-pyrrole nitrogens is 1. The molecule has 0 radical (unpaired) electrons. The molecule has 1 saturated carbocycles. The van der Waals surface area contributed by atoms with Crippen LogP contribution in [0, 0.1) is 0 Å². The lowest BCUT2D eigenvalue weighted by molar-refractivity contribution is 0.0522. The summed E-state index contributed by atoms with van der Waals surface area (Å²) in [5, 5.41) is 7.63.